The molecule has 0 aromatic rings. The van der Waals surface area contributed by atoms with Crippen molar-refractivity contribution in [2.75, 3.05) is 26.2 Å². The molecule has 2 aliphatic heterocycles. The van der Waals surface area contributed by atoms with E-state index in [2.05, 4.69) is 31.1 Å². The second kappa shape index (κ2) is 6.03. The lowest BCUT2D eigenvalue weighted by atomic mass is 10.2. The van der Waals surface area contributed by atoms with Crippen LogP contribution in [-0.2, 0) is 4.74 Å². The Bertz CT molecular complexity index is 423. The van der Waals surface area contributed by atoms with Crippen LogP contribution in [0.4, 0.5) is 4.79 Å². The van der Waals surface area contributed by atoms with Gasteiger partial charge in [-0.05, 0) is 36.7 Å². The molecule has 0 saturated carbocycles. The number of nitrogens with one attached hydrogen (secondary N) is 1. The fraction of sp³-hybridized carbons (Fsp3) is 0.692. The van der Waals surface area contributed by atoms with Gasteiger partial charge in [0.1, 0.15) is 5.60 Å². The number of alkyl halides is 1. The Morgan fingerprint density at radius 1 is 1.40 bits per heavy atom. The van der Waals surface area contributed by atoms with Gasteiger partial charge in [-0.1, -0.05) is 0 Å². The number of amides is 1. The second-order valence-electron chi connectivity index (χ2n) is 5.80. The number of piperazine rings is 1. The molecular formula is C13H21BrN4O2. The average Bonchev–Trinajstić information content (AvgIpc) is 2.38. The summed E-state index contributed by atoms with van der Waals surface area (Å²) in [6.45, 7) is 8.54. The molecule has 7 heteroatoms. The topological polar surface area (TPSA) is 57.2 Å². The van der Waals surface area contributed by atoms with Crippen molar-refractivity contribution < 1.29 is 9.53 Å². The molecule has 0 aliphatic carbocycles. The number of nitrogens with zero attached hydrogens (tertiary/aromatic N) is 3. The minimum Gasteiger partial charge on any atom is -0.444 e. The molecule has 1 fully saturated rings. The van der Waals surface area contributed by atoms with E-state index in [1.807, 2.05) is 33.2 Å². The smallest absolute Gasteiger partial charge is 0.410 e. The van der Waals surface area contributed by atoms with Gasteiger partial charge in [0.15, 0.2) is 5.08 Å². The number of hydrogen-bond donors (Lipinski definition) is 1. The van der Waals surface area contributed by atoms with Gasteiger partial charge < -0.3 is 19.9 Å². The average molecular weight is 345 g/mol. The summed E-state index contributed by atoms with van der Waals surface area (Å²) in [6.07, 6.45) is 3.55. The Kier molecular flexibility index (Phi) is 4.57. The van der Waals surface area contributed by atoms with Crippen molar-refractivity contribution in [2.45, 2.75) is 31.4 Å². The van der Waals surface area contributed by atoms with Gasteiger partial charge in [-0.15, -0.1) is 0 Å². The minimum atomic E-state index is -0.443. The van der Waals surface area contributed by atoms with Crippen LogP contribution in [0.1, 0.15) is 20.8 Å². The summed E-state index contributed by atoms with van der Waals surface area (Å²) in [7, 11) is 0. The molecule has 112 valence electrons. The van der Waals surface area contributed by atoms with Crippen molar-refractivity contribution in [3.05, 3.63) is 11.9 Å². The van der Waals surface area contributed by atoms with E-state index in [9.17, 15) is 4.79 Å². The quantitative estimate of drug-likeness (QED) is 0.581. The predicted octanol–water partition coefficient (Wildman–Crippen LogP) is 1.73. The number of ether oxygens (including phenoxy) is 1. The van der Waals surface area contributed by atoms with E-state index < -0.39 is 5.60 Å². The summed E-state index contributed by atoms with van der Waals surface area (Å²) in [4.78, 5) is 20.2. The Morgan fingerprint density at radius 2 is 2.05 bits per heavy atom. The molecule has 0 radical (unpaired) electrons. The molecule has 0 aromatic carbocycles. The number of halogens is 1. The zero-order chi connectivity index (χ0) is 14.8. The van der Waals surface area contributed by atoms with Crippen LogP contribution in [0.2, 0.25) is 0 Å². The molecule has 1 amide bonds. The molecule has 2 aliphatic rings. The van der Waals surface area contributed by atoms with E-state index in [-0.39, 0.29) is 11.2 Å². The number of rotatable bonds is 1. The molecule has 1 atom stereocenters. The van der Waals surface area contributed by atoms with Crippen LogP contribution >= 0.6 is 15.9 Å². The van der Waals surface area contributed by atoms with Crippen molar-refractivity contribution in [3.63, 3.8) is 0 Å². The lowest BCUT2D eigenvalue weighted by Crippen LogP contribution is -2.50. The van der Waals surface area contributed by atoms with E-state index in [4.69, 9.17) is 4.74 Å². The monoisotopic (exact) mass is 344 g/mol. The number of aliphatic imine (C=N–C) groups is 1. The summed E-state index contributed by atoms with van der Waals surface area (Å²) < 4.78 is 5.38. The summed E-state index contributed by atoms with van der Waals surface area (Å²) in [5, 5.41) is 3.06. The van der Waals surface area contributed by atoms with Crippen LogP contribution in [-0.4, -0.2) is 59.0 Å². The second-order valence-corrected chi connectivity index (χ2v) is 6.67. The normalized spacial score (nSPS) is 23.2. The third-order valence-electron chi connectivity index (χ3n) is 3.00. The van der Waals surface area contributed by atoms with Crippen LogP contribution in [0.5, 0.6) is 0 Å². The predicted molar refractivity (Wildman–Crippen MR) is 81.8 cm³/mol. The number of carbonyl (C=O) groups excluding carboxylic acids is 1. The van der Waals surface area contributed by atoms with Gasteiger partial charge in [0.2, 0.25) is 0 Å². The first kappa shape index (κ1) is 15.2. The van der Waals surface area contributed by atoms with E-state index in [1.165, 1.54) is 0 Å². The maximum absolute atomic E-state index is 12.0. The van der Waals surface area contributed by atoms with E-state index in [0.29, 0.717) is 13.1 Å². The third-order valence-corrected chi connectivity index (χ3v) is 3.50. The highest BCUT2D eigenvalue weighted by Gasteiger charge is 2.26. The molecule has 20 heavy (non-hydrogen) atoms. The van der Waals surface area contributed by atoms with Crippen LogP contribution in [0.25, 0.3) is 0 Å². The van der Waals surface area contributed by atoms with Crippen LogP contribution < -0.4 is 5.32 Å². The van der Waals surface area contributed by atoms with Crippen molar-refractivity contribution >= 4 is 28.2 Å². The van der Waals surface area contributed by atoms with Gasteiger partial charge in [0.25, 0.3) is 0 Å². The standard InChI is InChI=1S/C13H21BrN4O2/c1-13(2,3)20-12(19)18-6-4-17(5-7-18)10-8-15-11(14)16-9-10/h8-9,11,15H,4-7H2,1-3H3. The van der Waals surface area contributed by atoms with Crippen LogP contribution in [0.3, 0.4) is 0 Å². The Balaban J connectivity index is 1.84. The van der Waals surface area contributed by atoms with Gasteiger partial charge in [0.05, 0.1) is 5.70 Å². The largest absolute Gasteiger partial charge is 0.444 e. The minimum absolute atomic E-state index is 0.0469. The van der Waals surface area contributed by atoms with Crippen molar-refractivity contribution in [1.29, 1.82) is 0 Å². The zero-order valence-corrected chi connectivity index (χ0v) is 13.7. The fourth-order valence-electron chi connectivity index (χ4n) is 2.02. The van der Waals surface area contributed by atoms with E-state index in [1.54, 1.807) is 4.90 Å². The first-order valence-electron chi connectivity index (χ1n) is 6.71. The van der Waals surface area contributed by atoms with Crippen molar-refractivity contribution in [2.24, 2.45) is 4.99 Å². The fourth-order valence-corrected chi connectivity index (χ4v) is 2.27. The molecule has 0 aromatic heterocycles. The number of hydrogen-bond acceptors (Lipinski definition) is 5. The maximum Gasteiger partial charge on any atom is 0.410 e. The Labute approximate surface area is 128 Å². The molecule has 6 nitrogen and oxygen atoms in total. The van der Waals surface area contributed by atoms with E-state index >= 15 is 0 Å². The highest BCUT2D eigenvalue weighted by Crippen LogP contribution is 2.15. The highest BCUT2D eigenvalue weighted by molar-refractivity contribution is 9.09. The van der Waals surface area contributed by atoms with Gasteiger partial charge >= 0.3 is 6.09 Å². The molecule has 0 spiro atoms. The maximum atomic E-state index is 12.0. The first-order chi connectivity index (χ1) is 9.35. The summed E-state index contributed by atoms with van der Waals surface area (Å²) in [6, 6.07) is 0. The molecule has 0 bridgehead atoms. The molecule has 1 N–H and O–H groups in total. The van der Waals surface area contributed by atoms with E-state index in [0.717, 1.165) is 18.8 Å². The molecule has 2 heterocycles. The third kappa shape index (κ3) is 4.13. The molecule has 2 rings (SSSR count). The lowest BCUT2D eigenvalue weighted by Gasteiger charge is -2.37. The summed E-state index contributed by atoms with van der Waals surface area (Å²) in [5.41, 5.74) is 0.603. The summed E-state index contributed by atoms with van der Waals surface area (Å²) >= 11 is 3.35. The summed E-state index contributed by atoms with van der Waals surface area (Å²) in [5.74, 6) is 0. The van der Waals surface area contributed by atoms with Crippen molar-refractivity contribution in [3.8, 4) is 0 Å². The van der Waals surface area contributed by atoms with Crippen LogP contribution in [0.15, 0.2) is 16.9 Å². The van der Waals surface area contributed by atoms with Gasteiger partial charge in [-0.2, -0.15) is 0 Å². The van der Waals surface area contributed by atoms with Crippen molar-refractivity contribution in [1.82, 2.24) is 15.1 Å². The molecule has 1 unspecified atom stereocenters. The SMILES string of the molecule is CC(C)(C)OC(=O)N1CCN(C2=CNC(Br)N=C2)CC1. The molecule has 1 saturated heterocycles. The number of carbonyl (C=O) groups is 1. The van der Waals surface area contributed by atoms with Gasteiger partial charge in [-0.25, -0.2) is 4.79 Å². The molecular weight excluding hydrogens is 324 g/mol. The lowest BCUT2D eigenvalue weighted by molar-refractivity contribution is 0.0172. The van der Waals surface area contributed by atoms with Gasteiger partial charge in [0, 0.05) is 38.6 Å². The number of allylic oxidation sites excluding steroid dienone is 1. The highest BCUT2D eigenvalue weighted by atomic mass is 79.9. The zero-order valence-electron chi connectivity index (χ0n) is 12.1. The van der Waals surface area contributed by atoms with Gasteiger partial charge in [-0.3, -0.25) is 4.99 Å². The van der Waals surface area contributed by atoms with Crippen LogP contribution in [0, 0.1) is 0 Å². The Hall–Kier alpha value is -1.24. The first-order valence-corrected chi connectivity index (χ1v) is 7.63. The Morgan fingerprint density at radius 3 is 2.55 bits per heavy atom.